The van der Waals surface area contributed by atoms with Gasteiger partial charge < -0.3 is 9.73 Å². The van der Waals surface area contributed by atoms with Crippen LogP contribution in [0.2, 0.25) is 0 Å². The minimum Gasteiger partial charge on any atom is -0.457 e. The van der Waals surface area contributed by atoms with E-state index in [1.54, 1.807) is 34.0 Å². The lowest BCUT2D eigenvalue weighted by Crippen LogP contribution is -2.24. The number of benzene rings is 1. The lowest BCUT2D eigenvalue weighted by atomic mass is 10.3. The van der Waals surface area contributed by atoms with E-state index in [2.05, 4.69) is 15.3 Å². The monoisotopic (exact) mass is 437 g/mol. The smallest absolute Gasteiger partial charge is 0.226 e. The molecule has 4 heterocycles. The van der Waals surface area contributed by atoms with Gasteiger partial charge in [-0.15, -0.1) is 34.0 Å². The van der Waals surface area contributed by atoms with Crippen molar-refractivity contribution in [2.75, 3.05) is 0 Å². The van der Waals surface area contributed by atoms with Crippen molar-refractivity contribution >= 4 is 50.1 Å². The van der Waals surface area contributed by atoms with E-state index in [1.165, 1.54) is 0 Å². The molecule has 29 heavy (non-hydrogen) atoms. The van der Waals surface area contributed by atoms with Gasteiger partial charge in [-0.1, -0.05) is 18.2 Å². The van der Waals surface area contributed by atoms with Crippen LogP contribution >= 0.6 is 34.0 Å². The summed E-state index contributed by atoms with van der Waals surface area (Å²) in [7, 11) is 0. The normalized spacial score (nSPS) is 11.2. The van der Waals surface area contributed by atoms with Crippen LogP contribution in [0.1, 0.15) is 11.5 Å². The summed E-state index contributed by atoms with van der Waals surface area (Å²) >= 11 is 4.80. The summed E-state index contributed by atoms with van der Waals surface area (Å²) in [4.78, 5) is 22.6. The molecule has 0 atom stereocenters. The predicted molar refractivity (Wildman–Crippen MR) is 118 cm³/mol. The van der Waals surface area contributed by atoms with Crippen LogP contribution in [0, 0.1) is 0 Å². The molecule has 0 aliphatic heterocycles. The van der Waals surface area contributed by atoms with Crippen LogP contribution in [0.25, 0.3) is 30.9 Å². The van der Waals surface area contributed by atoms with E-state index >= 15 is 0 Å². The number of carbonyl (C=O) groups is 1. The van der Waals surface area contributed by atoms with Gasteiger partial charge in [-0.25, -0.2) is 9.97 Å². The van der Waals surface area contributed by atoms with Gasteiger partial charge in [0, 0.05) is 5.38 Å². The van der Waals surface area contributed by atoms with E-state index in [4.69, 9.17) is 4.42 Å². The molecule has 1 amide bonds. The molecule has 5 rings (SSSR count). The van der Waals surface area contributed by atoms with Crippen molar-refractivity contribution in [3.8, 4) is 20.7 Å². The van der Waals surface area contributed by atoms with E-state index in [0.717, 1.165) is 36.6 Å². The first-order valence-corrected chi connectivity index (χ1v) is 11.5. The van der Waals surface area contributed by atoms with Crippen molar-refractivity contribution in [1.82, 2.24) is 15.3 Å². The summed E-state index contributed by atoms with van der Waals surface area (Å²) < 4.78 is 7.00. The Morgan fingerprint density at radius 3 is 2.79 bits per heavy atom. The Labute approximate surface area is 178 Å². The molecule has 0 spiro atoms. The van der Waals surface area contributed by atoms with E-state index in [-0.39, 0.29) is 12.3 Å². The Balaban J connectivity index is 1.20. The van der Waals surface area contributed by atoms with Crippen molar-refractivity contribution in [1.29, 1.82) is 0 Å². The summed E-state index contributed by atoms with van der Waals surface area (Å²) in [5, 5.41) is 8.65. The van der Waals surface area contributed by atoms with E-state index in [0.29, 0.717) is 12.3 Å². The molecule has 5 nitrogen and oxygen atoms in total. The Morgan fingerprint density at radius 2 is 1.93 bits per heavy atom. The molecule has 8 heteroatoms. The molecule has 144 valence electrons. The number of para-hydroxylation sites is 1. The highest BCUT2D eigenvalue weighted by Gasteiger charge is 2.13. The zero-order valence-corrected chi connectivity index (χ0v) is 17.6. The van der Waals surface area contributed by atoms with Gasteiger partial charge in [-0.2, -0.15) is 0 Å². The topological polar surface area (TPSA) is 68.0 Å². The van der Waals surface area contributed by atoms with Gasteiger partial charge in [0.1, 0.15) is 10.8 Å². The maximum Gasteiger partial charge on any atom is 0.226 e. The van der Waals surface area contributed by atoms with Gasteiger partial charge in [-0.3, -0.25) is 4.79 Å². The largest absolute Gasteiger partial charge is 0.457 e. The highest BCUT2D eigenvalue weighted by molar-refractivity contribution is 7.21. The minimum atomic E-state index is -0.0778. The van der Waals surface area contributed by atoms with Crippen LogP contribution < -0.4 is 5.32 Å². The SMILES string of the molecule is O=C(Cc1csc(-c2cccs2)n1)NCc1ccc(-c2nc3ccccc3s2)o1. The van der Waals surface area contributed by atoms with E-state index < -0.39 is 0 Å². The molecule has 0 saturated carbocycles. The average Bonchev–Trinajstić information content (AvgIpc) is 3.52. The van der Waals surface area contributed by atoms with Crippen LogP contribution in [0.3, 0.4) is 0 Å². The molecule has 5 aromatic rings. The van der Waals surface area contributed by atoms with Crippen LogP contribution in [-0.2, 0) is 17.8 Å². The quantitative estimate of drug-likeness (QED) is 0.375. The number of rotatable bonds is 6. The third-order valence-corrected chi connectivity index (χ3v) is 7.23. The second-order valence-corrected chi connectivity index (χ2v) is 9.16. The third kappa shape index (κ3) is 4.00. The first-order valence-electron chi connectivity index (χ1n) is 8.94. The standard InChI is InChI=1S/C21H15N3O2S3/c25-19(10-13-12-28-21(23-13)18-6-3-9-27-18)22-11-14-7-8-16(26-14)20-24-15-4-1-2-5-17(15)29-20/h1-9,12H,10-11H2,(H,22,25). The highest BCUT2D eigenvalue weighted by atomic mass is 32.1. The molecule has 0 radical (unpaired) electrons. The maximum atomic E-state index is 12.3. The van der Waals surface area contributed by atoms with Crippen molar-refractivity contribution in [2.45, 2.75) is 13.0 Å². The van der Waals surface area contributed by atoms with Gasteiger partial charge >= 0.3 is 0 Å². The van der Waals surface area contributed by atoms with Crippen LogP contribution in [0.5, 0.6) is 0 Å². The Kier molecular flexibility index (Phi) is 4.97. The summed E-state index contributed by atoms with van der Waals surface area (Å²) in [5.74, 6) is 1.34. The van der Waals surface area contributed by atoms with Gasteiger partial charge in [0.05, 0.1) is 33.8 Å². The second-order valence-electron chi connectivity index (χ2n) is 6.33. The second kappa shape index (κ2) is 7.90. The number of nitrogens with zero attached hydrogens (tertiary/aromatic N) is 2. The Bertz CT molecular complexity index is 1230. The summed E-state index contributed by atoms with van der Waals surface area (Å²) in [6.45, 7) is 0.339. The van der Waals surface area contributed by atoms with E-state index in [9.17, 15) is 4.79 Å². The fourth-order valence-electron chi connectivity index (χ4n) is 2.88. The number of thiazole rings is 2. The predicted octanol–water partition coefficient (Wildman–Crippen LogP) is 5.60. The fraction of sp³-hybridized carbons (Fsp3) is 0.0952. The molecule has 0 unspecified atom stereocenters. The molecule has 4 aromatic heterocycles. The number of aromatic nitrogens is 2. The molecule has 1 N–H and O–H groups in total. The van der Waals surface area contributed by atoms with Crippen LogP contribution in [0.15, 0.2) is 63.7 Å². The number of fused-ring (bicyclic) bond motifs is 1. The number of hydrogen-bond acceptors (Lipinski definition) is 7. The van der Waals surface area contributed by atoms with Gasteiger partial charge in [0.25, 0.3) is 0 Å². The number of hydrogen-bond donors (Lipinski definition) is 1. The zero-order valence-electron chi connectivity index (χ0n) is 15.1. The van der Waals surface area contributed by atoms with Gasteiger partial charge in [0.2, 0.25) is 5.91 Å². The Morgan fingerprint density at radius 1 is 1.00 bits per heavy atom. The molecule has 0 saturated heterocycles. The molecule has 0 fully saturated rings. The minimum absolute atomic E-state index is 0.0778. The first-order chi connectivity index (χ1) is 14.2. The molecular weight excluding hydrogens is 422 g/mol. The van der Waals surface area contributed by atoms with Gasteiger partial charge in [0.15, 0.2) is 10.8 Å². The highest BCUT2D eigenvalue weighted by Crippen LogP contribution is 2.31. The number of nitrogens with one attached hydrogen (secondary N) is 1. The average molecular weight is 438 g/mol. The third-order valence-electron chi connectivity index (χ3n) is 4.25. The first kappa shape index (κ1) is 18.2. The van der Waals surface area contributed by atoms with Crippen LogP contribution in [-0.4, -0.2) is 15.9 Å². The molecule has 0 aliphatic carbocycles. The number of amides is 1. The van der Waals surface area contributed by atoms with Crippen molar-refractivity contribution in [2.24, 2.45) is 0 Å². The van der Waals surface area contributed by atoms with E-state index in [1.807, 2.05) is 59.3 Å². The summed E-state index contributed by atoms with van der Waals surface area (Å²) in [6.07, 6.45) is 0.257. The van der Waals surface area contributed by atoms with Crippen molar-refractivity contribution in [3.05, 3.63) is 70.7 Å². The molecule has 1 aromatic carbocycles. The molecule has 0 aliphatic rings. The van der Waals surface area contributed by atoms with Gasteiger partial charge in [-0.05, 0) is 35.7 Å². The summed E-state index contributed by atoms with van der Waals surface area (Å²) in [5.41, 5.74) is 1.74. The Hall–Kier alpha value is -2.81. The zero-order chi connectivity index (χ0) is 19.6. The lowest BCUT2D eigenvalue weighted by molar-refractivity contribution is -0.120. The van der Waals surface area contributed by atoms with Crippen LogP contribution in [0.4, 0.5) is 0 Å². The van der Waals surface area contributed by atoms with Crippen molar-refractivity contribution in [3.63, 3.8) is 0 Å². The maximum absolute atomic E-state index is 12.3. The number of thiophene rings is 1. The summed E-state index contributed by atoms with van der Waals surface area (Å²) in [6, 6.07) is 15.8. The molecule has 0 bridgehead atoms. The molecular formula is C21H15N3O2S3. The van der Waals surface area contributed by atoms with Crippen molar-refractivity contribution < 1.29 is 9.21 Å². The number of furan rings is 1. The number of carbonyl (C=O) groups excluding carboxylic acids is 1. The fourth-order valence-corrected chi connectivity index (χ4v) is 5.44. The lowest BCUT2D eigenvalue weighted by Gasteiger charge is -2.01.